The third-order valence-corrected chi connectivity index (χ3v) is 1.58. The van der Waals surface area contributed by atoms with Gasteiger partial charge >= 0.3 is 0 Å². The summed E-state index contributed by atoms with van der Waals surface area (Å²) >= 11 is 0. The third-order valence-electron chi connectivity index (χ3n) is 1.58. The third kappa shape index (κ3) is 0.831. The van der Waals surface area contributed by atoms with Crippen LogP contribution < -0.4 is 0 Å². The van der Waals surface area contributed by atoms with Crippen LogP contribution in [-0.4, -0.2) is 24.3 Å². The summed E-state index contributed by atoms with van der Waals surface area (Å²) in [5.74, 6) is 0.667. The molecular weight excluding hydrogens is 100 g/mol. The Bertz CT molecular complexity index is 118. The van der Waals surface area contributed by atoms with E-state index in [1.807, 2.05) is 12.1 Å². The Morgan fingerprint density at radius 2 is 2.38 bits per heavy atom. The molecule has 0 amide bonds. The van der Waals surface area contributed by atoms with Crippen LogP contribution in [0.4, 0.5) is 0 Å². The van der Waals surface area contributed by atoms with Crippen molar-refractivity contribution >= 4 is 5.71 Å². The highest BCUT2D eigenvalue weighted by Gasteiger charge is 2.14. The highest BCUT2D eigenvalue weighted by atomic mass is 15.5. The highest BCUT2D eigenvalue weighted by Crippen LogP contribution is 2.09. The molecule has 0 saturated heterocycles. The molecule has 8 heavy (non-hydrogen) atoms. The van der Waals surface area contributed by atoms with Crippen LogP contribution in [0.1, 0.15) is 13.8 Å². The fourth-order valence-electron chi connectivity index (χ4n) is 0.937. The summed E-state index contributed by atoms with van der Waals surface area (Å²) in [4.78, 5) is 0. The van der Waals surface area contributed by atoms with Crippen molar-refractivity contribution in [3.63, 3.8) is 0 Å². The SMILES string of the molecule is CC1=NN(C)C[C@@H]1C. The Balaban J connectivity index is 2.59. The lowest BCUT2D eigenvalue weighted by molar-refractivity contribution is 0.368. The monoisotopic (exact) mass is 112 g/mol. The molecule has 0 bridgehead atoms. The van der Waals surface area contributed by atoms with Crippen molar-refractivity contribution < 1.29 is 0 Å². The van der Waals surface area contributed by atoms with E-state index in [1.54, 1.807) is 0 Å². The van der Waals surface area contributed by atoms with Crippen molar-refractivity contribution in [2.75, 3.05) is 13.6 Å². The van der Waals surface area contributed by atoms with Crippen LogP contribution >= 0.6 is 0 Å². The van der Waals surface area contributed by atoms with Crippen molar-refractivity contribution in [1.29, 1.82) is 0 Å². The van der Waals surface area contributed by atoms with Gasteiger partial charge in [0.25, 0.3) is 0 Å². The average molecular weight is 112 g/mol. The van der Waals surface area contributed by atoms with E-state index in [-0.39, 0.29) is 0 Å². The van der Waals surface area contributed by atoms with Gasteiger partial charge in [-0.1, -0.05) is 6.92 Å². The Morgan fingerprint density at radius 1 is 1.75 bits per heavy atom. The lowest BCUT2D eigenvalue weighted by atomic mass is 10.1. The van der Waals surface area contributed by atoms with Crippen molar-refractivity contribution in [2.24, 2.45) is 11.0 Å². The predicted molar refractivity (Wildman–Crippen MR) is 34.9 cm³/mol. The van der Waals surface area contributed by atoms with Crippen molar-refractivity contribution in [1.82, 2.24) is 5.01 Å². The molecule has 0 aromatic carbocycles. The zero-order valence-electron chi connectivity index (χ0n) is 5.68. The van der Waals surface area contributed by atoms with E-state index in [4.69, 9.17) is 0 Å². The molecule has 0 N–H and O–H groups in total. The first-order valence-electron chi connectivity index (χ1n) is 2.96. The summed E-state index contributed by atoms with van der Waals surface area (Å²) in [7, 11) is 2.01. The topological polar surface area (TPSA) is 15.6 Å². The molecule has 1 heterocycles. The molecule has 46 valence electrons. The van der Waals surface area contributed by atoms with Gasteiger partial charge in [-0.25, -0.2) is 0 Å². The molecule has 0 saturated carbocycles. The first kappa shape index (κ1) is 5.60. The second-order valence-corrected chi connectivity index (χ2v) is 2.48. The van der Waals surface area contributed by atoms with Gasteiger partial charge in [0.05, 0.1) is 0 Å². The average Bonchev–Trinajstić information content (AvgIpc) is 1.85. The van der Waals surface area contributed by atoms with E-state index in [0.29, 0.717) is 5.92 Å². The van der Waals surface area contributed by atoms with Gasteiger partial charge in [0.1, 0.15) is 0 Å². The molecule has 1 aliphatic rings. The van der Waals surface area contributed by atoms with Gasteiger partial charge in [-0.15, -0.1) is 0 Å². The minimum absolute atomic E-state index is 0.667. The van der Waals surface area contributed by atoms with Crippen molar-refractivity contribution in [3.8, 4) is 0 Å². The van der Waals surface area contributed by atoms with E-state index in [0.717, 1.165) is 6.54 Å². The second-order valence-electron chi connectivity index (χ2n) is 2.48. The summed E-state index contributed by atoms with van der Waals surface area (Å²) < 4.78 is 0. The summed E-state index contributed by atoms with van der Waals surface area (Å²) in [6, 6.07) is 0. The normalized spacial score (nSPS) is 28.6. The summed E-state index contributed by atoms with van der Waals surface area (Å²) in [5, 5.41) is 6.21. The molecule has 0 aliphatic carbocycles. The lowest BCUT2D eigenvalue weighted by Crippen LogP contribution is -2.11. The largest absolute Gasteiger partial charge is 0.300 e. The molecule has 1 rings (SSSR count). The molecule has 0 aromatic rings. The van der Waals surface area contributed by atoms with Crippen LogP contribution in [0, 0.1) is 5.92 Å². The van der Waals surface area contributed by atoms with Gasteiger partial charge in [-0.2, -0.15) is 5.10 Å². The van der Waals surface area contributed by atoms with E-state index in [9.17, 15) is 0 Å². The van der Waals surface area contributed by atoms with Crippen molar-refractivity contribution in [2.45, 2.75) is 13.8 Å². The van der Waals surface area contributed by atoms with Crippen LogP contribution in [0.15, 0.2) is 5.10 Å². The molecule has 0 fully saturated rings. The zero-order chi connectivity index (χ0) is 6.15. The maximum atomic E-state index is 4.22. The highest BCUT2D eigenvalue weighted by molar-refractivity contribution is 5.85. The number of hydrazone groups is 1. The zero-order valence-corrected chi connectivity index (χ0v) is 5.68. The number of hydrogen-bond acceptors (Lipinski definition) is 2. The second kappa shape index (κ2) is 1.77. The lowest BCUT2D eigenvalue weighted by Gasteiger charge is -2.04. The summed E-state index contributed by atoms with van der Waals surface area (Å²) in [5.41, 5.74) is 1.26. The fourth-order valence-corrected chi connectivity index (χ4v) is 0.937. The molecule has 0 spiro atoms. The maximum Gasteiger partial charge on any atom is 0.0435 e. The van der Waals surface area contributed by atoms with E-state index >= 15 is 0 Å². The molecule has 1 atom stereocenters. The van der Waals surface area contributed by atoms with Crippen LogP contribution in [0.5, 0.6) is 0 Å². The van der Waals surface area contributed by atoms with Gasteiger partial charge in [0, 0.05) is 25.2 Å². The van der Waals surface area contributed by atoms with Crippen LogP contribution in [-0.2, 0) is 0 Å². The van der Waals surface area contributed by atoms with Crippen LogP contribution in [0.25, 0.3) is 0 Å². The Hall–Kier alpha value is -0.530. The van der Waals surface area contributed by atoms with Gasteiger partial charge in [0.15, 0.2) is 0 Å². The molecular formula is C6H12N2. The molecule has 0 aromatic heterocycles. The first-order chi connectivity index (χ1) is 3.70. The van der Waals surface area contributed by atoms with Gasteiger partial charge < -0.3 is 0 Å². The minimum atomic E-state index is 0.667. The molecule has 1 aliphatic heterocycles. The standard InChI is InChI=1S/C6H12N2/c1-5-4-8(3)7-6(5)2/h5H,4H2,1-3H3/t5-/m0/s1. The minimum Gasteiger partial charge on any atom is -0.300 e. The number of hydrogen-bond donors (Lipinski definition) is 0. The fraction of sp³-hybridized carbons (Fsp3) is 0.833. The quantitative estimate of drug-likeness (QED) is 0.455. The van der Waals surface area contributed by atoms with Crippen LogP contribution in [0.2, 0.25) is 0 Å². The first-order valence-corrected chi connectivity index (χ1v) is 2.96. The van der Waals surface area contributed by atoms with Crippen LogP contribution in [0.3, 0.4) is 0 Å². The van der Waals surface area contributed by atoms with Gasteiger partial charge in [0.2, 0.25) is 0 Å². The molecule has 2 heteroatoms. The van der Waals surface area contributed by atoms with Crippen molar-refractivity contribution in [3.05, 3.63) is 0 Å². The summed E-state index contributed by atoms with van der Waals surface area (Å²) in [6.07, 6.45) is 0. The van der Waals surface area contributed by atoms with Gasteiger partial charge in [-0.3, -0.25) is 5.01 Å². The Labute approximate surface area is 50.2 Å². The number of rotatable bonds is 0. The number of nitrogens with zero attached hydrogens (tertiary/aromatic N) is 2. The Kier molecular flexibility index (Phi) is 1.24. The predicted octanol–water partition coefficient (Wildman–Crippen LogP) is 0.944. The van der Waals surface area contributed by atoms with Gasteiger partial charge in [-0.05, 0) is 6.92 Å². The molecule has 0 radical (unpaired) electrons. The molecule has 0 unspecified atom stereocenters. The molecule has 2 nitrogen and oxygen atoms in total. The Morgan fingerprint density at radius 3 is 2.50 bits per heavy atom. The van der Waals surface area contributed by atoms with E-state index < -0.39 is 0 Å². The van der Waals surface area contributed by atoms with E-state index in [1.165, 1.54) is 5.71 Å². The van der Waals surface area contributed by atoms with E-state index in [2.05, 4.69) is 18.9 Å². The smallest absolute Gasteiger partial charge is 0.0435 e. The summed E-state index contributed by atoms with van der Waals surface area (Å²) in [6.45, 7) is 5.36. The maximum absolute atomic E-state index is 4.22.